The molecule has 1 amide bonds. The molecule has 0 saturated carbocycles. The first-order valence-electron chi connectivity index (χ1n) is 5.72. The van der Waals surface area contributed by atoms with Crippen molar-refractivity contribution in [3.8, 4) is 11.5 Å². The van der Waals surface area contributed by atoms with E-state index in [1.165, 1.54) is 0 Å². The normalized spacial score (nSPS) is 21.9. The number of hydrogen-bond donors (Lipinski definition) is 2. The van der Waals surface area contributed by atoms with Gasteiger partial charge in [-0.2, -0.15) is 0 Å². The van der Waals surface area contributed by atoms with Crippen LogP contribution in [0.1, 0.15) is 6.92 Å². The van der Waals surface area contributed by atoms with Crippen LogP contribution in [0, 0.1) is 5.92 Å². The molecule has 1 aromatic rings. The third-order valence-electron chi connectivity index (χ3n) is 2.99. The van der Waals surface area contributed by atoms with Gasteiger partial charge >= 0.3 is 0 Å². The van der Waals surface area contributed by atoms with Gasteiger partial charge in [-0.15, -0.1) is 0 Å². The molecule has 5 heteroatoms. The van der Waals surface area contributed by atoms with Crippen molar-refractivity contribution in [3.05, 3.63) is 12.1 Å². The smallest absolute Gasteiger partial charge is 0.229 e. The summed E-state index contributed by atoms with van der Waals surface area (Å²) in [7, 11) is 0. The van der Waals surface area contributed by atoms with Crippen molar-refractivity contribution in [1.82, 2.24) is 0 Å². The number of benzene rings is 1. The number of fused-ring (bicyclic) bond motifs is 2. The lowest BCUT2D eigenvalue weighted by atomic mass is 10.2. The first kappa shape index (κ1) is 10.3. The van der Waals surface area contributed by atoms with Gasteiger partial charge in [-0.05, 0) is 0 Å². The fourth-order valence-corrected chi connectivity index (χ4v) is 1.95. The Bertz CT molecular complexity index is 473. The van der Waals surface area contributed by atoms with E-state index in [-0.39, 0.29) is 11.8 Å². The molecule has 1 aromatic carbocycles. The molecule has 0 bridgehead atoms. The van der Waals surface area contributed by atoms with E-state index in [1.807, 2.05) is 19.1 Å². The fraction of sp³-hybridized carbons (Fsp3) is 0.417. The molecule has 0 radical (unpaired) electrons. The molecule has 0 spiro atoms. The SMILES string of the molecule is CC1CNc2cc3c(cc2NC1=O)OCCO3. The minimum Gasteiger partial charge on any atom is -0.486 e. The zero-order valence-corrected chi connectivity index (χ0v) is 9.58. The highest BCUT2D eigenvalue weighted by atomic mass is 16.6. The fourth-order valence-electron chi connectivity index (χ4n) is 1.95. The molecule has 0 aromatic heterocycles. The summed E-state index contributed by atoms with van der Waals surface area (Å²) >= 11 is 0. The topological polar surface area (TPSA) is 59.6 Å². The van der Waals surface area contributed by atoms with E-state index in [0.717, 1.165) is 17.1 Å². The van der Waals surface area contributed by atoms with E-state index in [1.54, 1.807) is 0 Å². The number of ether oxygens (including phenoxy) is 2. The molecule has 90 valence electrons. The molecule has 0 aliphatic carbocycles. The van der Waals surface area contributed by atoms with Gasteiger partial charge in [0.2, 0.25) is 5.91 Å². The number of hydrogen-bond acceptors (Lipinski definition) is 4. The van der Waals surface area contributed by atoms with Gasteiger partial charge in [-0.1, -0.05) is 6.92 Å². The molecular formula is C12H14N2O3. The van der Waals surface area contributed by atoms with Gasteiger partial charge in [-0.25, -0.2) is 0 Å². The molecule has 1 atom stereocenters. The summed E-state index contributed by atoms with van der Waals surface area (Å²) in [6.07, 6.45) is 0. The summed E-state index contributed by atoms with van der Waals surface area (Å²) in [6.45, 7) is 3.62. The summed E-state index contributed by atoms with van der Waals surface area (Å²) in [4.78, 5) is 11.7. The maximum absolute atomic E-state index is 11.7. The summed E-state index contributed by atoms with van der Waals surface area (Å²) in [6, 6.07) is 3.69. The van der Waals surface area contributed by atoms with Crippen molar-refractivity contribution in [1.29, 1.82) is 0 Å². The molecule has 0 saturated heterocycles. The molecule has 17 heavy (non-hydrogen) atoms. The highest BCUT2D eigenvalue weighted by Gasteiger charge is 2.22. The first-order chi connectivity index (χ1) is 8.24. The number of carbonyl (C=O) groups is 1. The number of nitrogens with one attached hydrogen (secondary N) is 2. The van der Waals surface area contributed by atoms with Gasteiger partial charge in [0, 0.05) is 18.7 Å². The third kappa shape index (κ3) is 1.77. The van der Waals surface area contributed by atoms with Crippen LogP contribution < -0.4 is 20.1 Å². The lowest BCUT2D eigenvalue weighted by Gasteiger charge is -2.20. The molecule has 3 rings (SSSR count). The average molecular weight is 234 g/mol. The Morgan fingerprint density at radius 2 is 1.82 bits per heavy atom. The monoisotopic (exact) mass is 234 g/mol. The second-order valence-electron chi connectivity index (χ2n) is 4.31. The van der Waals surface area contributed by atoms with E-state index in [9.17, 15) is 4.79 Å². The molecule has 2 aliphatic rings. The predicted molar refractivity (Wildman–Crippen MR) is 63.7 cm³/mol. The Morgan fingerprint density at radius 1 is 1.18 bits per heavy atom. The summed E-state index contributed by atoms with van der Waals surface area (Å²) in [5.74, 6) is 1.38. The van der Waals surface area contributed by atoms with Crippen LogP contribution in [0.5, 0.6) is 11.5 Å². The van der Waals surface area contributed by atoms with E-state index in [2.05, 4.69) is 10.6 Å². The van der Waals surface area contributed by atoms with Crippen LogP contribution in [0.4, 0.5) is 11.4 Å². The third-order valence-corrected chi connectivity index (χ3v) is 2.99. The largest absolute Gasteiger partial charge is 0.486 e. The van der Waals surface area contributed by atoms with Crippen LogP contribution in [-0.4, -0.2) is 25.7 Å². The number of carbonyl (C=O) groups excluding carboxylic acids is 1. The Kier molecular flexibility index (Phi) is 2.31. The number of anilines is 2. The molecule has 2 heterocycles. The average Bonchev–Trinajstić information content (AvgIpc) is 2.47. The molecule has 1 unspecified atom stereocenters. The lowest BCUT2D eigenvalue weighted by molar-refractivity contribution is -0.118. The minimum atomic E-state index is -0.0544. The van der Waals surface area contributed by atoms with Crippen LogP contribution >= 0.6 is 0 Å². The van der Waals surface area contributed by atoms with Gasteiger partial charge in [0.25, 0.3) is 0 Å². The quantitative estimate of drug-likeness (QED) is 0.713. The van der Waals surface area contributed by atoms with Crippen molar-refractivity contribution in [2.75, 3.05) is 30.4 Å². The zero-order valence-electron chi connectivity index (χ0n) is 9.58. The Morgan fingerprint density at radius 3 is 2.53 bits per heavy atom. The Labute approximate surface area is 99.1 Å². The molecule has 5 nitrogen and oxygen atoms in total. The standard InChI is InChI=1S/C12H14N2O3/c1-7-6-13-8-4-10-11(17-3-2-16-10)5-9(8)14-12(7)15/h4-5,7,13H,2-3,6H2,1H3,(H,14,15). The summed E-state index contributed by atoms with van der Waals surface area (Å²) in [5, 5.41) is 6.12. The summed E-state index contributed by atoms with van der Waals surface area (Å²) < 4.78 is 11.0. The summed E-state index contributed by atoms with van der Waals surface area (Å²) in [5.41, 5.74) is 1.63. The maximum Gasteiger partial charge on any atom is 0.229 e. The maximum atomic E-state index is 11.7. The van der Waals surface area contributed by atoms with Crippen molar-refractivity contribution < 1.29 is 14.3 Å². The highest BCUT2D eigenvalue weighted by molar-refractivity contribution is 5.98. The van der Waals surface area contributed by atoms with Crippen molar-refractivity contribution in [3.63, 3.8) is 0 Å². The van der Waals surface area contributed by atoms with Crippen molar-refractivity contribution >= 4 is 17.3 Å². The Hall–Kier alpha value is -1.91. The molecular weight excluding hydrogens is 220 g/mol. The lowest BCUT2D eigenvalue weighted by Crippen LogP contribution is -2.22. The van der Waals surface area contributed by atoms with Crippen LogP contribution in [0.3, 0.4) is 0 Å². The minimum absolute atomic E-state index is 0.0212. The molecule has 2 aliphatic heterocycles. The van der Waals surface area contributed by atoms with Crippen LogP contribution in [0.15, 0.2) is 12.1 Å². The second kappa shape index (κ2) is 3.84. The van der Waals surface area contributed by atoms with E-state index in [4.69, 9.17) is 9.47 Å². The predicted octanol–water partition coefficient (Wildman–Crippen LogP) is 1.46. The zero-order chi connectivity index (χ0) is 11.8. The van der Waals surface area contributed by atoms with E-state index in [0.29, 0.717) is 25.5 Å². The van der Waals surface area contributed by atoms with Gasteiger partial charge in [0.05, 0.1) is 17.3 Å². The number of amides is 1. The molecule has 0 fully saturated rings. The van der Waals surface area contributed by atoms with Gasteiger partial charge in [0.1, 0.15) is 13.2 Å². The van der Waals surface area contributed by atoms with Gasteiger partial charge < -0.3 is 20.1 Å². The Balaban J connectivity index is 2.01. The second-order valence-corrected chi connectivity index (χ2v) is 4.31. The van der Waals surface area contributed by atoms with Crippen molar-refractivity contribution in [2.24, 2.45) is 5.92 Å². The van der Waals surface area contributed by atoms with Crippen LogP contribution in [0.25, 0.3) is 0 Å². The van der Waals surface area contributed by atoms with Gasteiger partial charge in [-0.3, -0.25) is 4.79 Å². The van der Waals surface area contributed by atoms with Gasteiger partial charge in [0.15, 0.2) is 11.5 Å². The first-order valence-corrected chi connectivity index (χ1v) is 5.72. The van der Waals surface area contributed by atoms with E-state index < -0.39 is 0 Å². The molecule has 2 N–H and O–H groups in total. The van der Waals surface area contributed by atoms with Crippen LogP contribution in [-0.2, 0) is 4.79 Å². The van der Waals surface area contributed by atoms with Crippen LogP contribution in [0.2, 0.25) is 0 Å². The van der Waals surface area contributed by atoms with E-state index >= 15 is 0 Å². The highest BCUT2D eigenvalue weighted by Crippen LogP contribution is 2.39. The number of rotatable bonds is 0. The van der Waals surface area contributed by atoms with Crippen molar-refractivity contribution in [2.45, 2.75) is 6.92 Å².